The number of hydrogen-bond donors (Lipinski definition) is 2. The third-order valence-electron chi connectivity index (χ3n) is 3.92. The van der Waals surface area contributed by atoms with Crippen molar-refractivity contribution in [1.29, 1.82) is 0 Å². The van der Waals surface area contributed by atoms with Gasteiger partial charge in [-0.25, -0.2) is 9.37 Å². The van der Waals surface area contributed by atoms with E-state index in [1.165, 1.54) is 6.07 Å². The maximum atomic E-state index is 13.6. The summed E-state index contributed by atoms with van der Waals surface area (Å²) in [5, 5.41) is 6.39. The summed E-state index contributed by atoms with van der Waals surface area (Å²) in [6.45, 7) is 1.21. The number of nitrogens with one attached hydrogen (secondary N) is 2. The summed E-state index contributed by atoms with van der Waals surface area (Å²) in [7, 11) is 1.65. The molecule has 0 unspecified atom stereocenters. The average Bonchev–Trinajstić information content (AvgIpc) is 2.69. The van der Waals surface area contributed by atoms with Crippen LogP contribution in [0.2, 0.25) is 0 Å². The maximum absolute atomic E-state index is 13.6. The molecular weight excluding hydrogens is 331 g/mol. The van der Waals surface area contributed by atoms with Crippen molar-refractivity contribution >= 4 is 11.8 Å². The van der Waals surface area contributed by atoms with E-state index in [0.29, 0.717) is 31.0 Å². The van der Waals surface area contributed by atoms with E-state index in [1.807, 2.05) is 36.4 Å². The van der Waals surface area contributed by atoms with Crippen molar-refractivity contribution in [2.24, 2.45) is 0 Å². The van der Waals surface area contributed by atoms with Gasteiger partial charge >= 0.3 is 0 Å². The van der Waals surface area contributed by atoms with E-state index in [-0.39, 0.29) is 5.82 Å². The zero-order valence-electron chi connectivity index (χ0n) is 14.6. The molecule has 2 N–H and O–H groups in total. The van der Waals surface area contributed by atoms with E-state index in [2.05, 4.69) is 20.6 Å². The summed E-state index contributed by atoms with van der Waals surface area (Å²) in [5.41, 5.74) is 1.80. The van der Waals surface area contributed by atoms with Gasteiger partial charge in [0.2, 0.25) is 5.95 Å². The van der Waals surface area contributed by atoms with Crippen molar-refractivity contribution in [2.45, 2.75) is 13.0 Å². The molecule has 0 atom stereocenters. The van der Waals surface area contributed by atoms with Gasteiger partial charge in [0, 0.05) is 19.3 Å². The average molecular weight is 352 g/mol. The van der Waals surface area contributed by atoms with Crippen LogP contribution in [-0.2, 0) is 13.0 Å². The Morgan fingerprint density at radius 3 is 2.58 bits per heavy atom. The molecule has 134 valence electrons. The summed E-state index contributed by atoms with van der Waals surface area (Å²) in [6, 6.07) is 16.4. The molecule has 5 nitrogen and oxygen atoms in total. The molecule has 0 spiro atoms. The first kappa shape index (κ1) is 17.7. The Bertz CT molecular complexity index is 839. The molecule has 3 aromatic rings. The number of nitrogens with zero attached hydrogens (tertiary/aromatic N) is 2. The van der Waals surface area contributed by atoms with Crippen molar-refractivity contribution < 1.29 is 9.13 Å². The van der Waals surface area contributed by atoms with Crippen LogP contribution in [0.5, 0.6) is 5.75 Å². The van der Waals surface area contributed by atoms with Crippen LogP contribution in [0.3, 0.4) is 0 Å². The second-order valence-electron chi connectivity index (χ2n) is 5.74. The Balaban J connectivity index is 1.51. The van der Waals surface area contributed by atoms with E-state index < -0.39 is 0 Å². The summed E-state index contributed by atoms with van der Waals surface area (Å²) in [5.74, 6) is 1.88. The molecule has 1 heterocycles. The lowest BCUT2D eigenvalue weighted by Crippen LogP contribution is -2.10. The molecule has 0 saturated carbocycles. The zero-order valence-corrected chi connectivity index (χ0v) is 14.6. The van der Waals surface area contributed by atoms with Crippen LogP contribution in [0.25, 0.3) is 0 Å². The monoisotopic (exact) mass is 352 g/mol. The van der Waals surface area contributed by atoms with Gasteiger partial charge in [-0.05, 0) is 41.8 Å². The largest absolute Gasteiger partial charge is 0.497 e. The molecule has 0 saturated heterocycles. The van der Waals surface area contributed by atoms with Crippen LogP contribution in [-0.4, -0.2) is 23.6 Å². The van der Waals surface area contributed by atoms with Crippen molar-refractivity contribution in [3.63, 3.8) is 0 Å². The van der Waals surface area contributed by atoms with Crippen molar-refractivity contribution in [2.75, 3.05) is 24.3 Å². The van der Waals surface area contributed by atoms with Gasteiger partial charge in [0.1, 0.15) is 17.4 Å². The quantitative estimate of drug-likeness (QED) is 0.644. The third-order valence-corrected chi connectivity index (χ3v) is 3.92. The van der Waals surface area contributed by atoms with E-state index in [0.717, 1.165) is 17.1 Å². The maximum Gasteiger partial charge on any atom is 0.224 e. The van der Waals surface area contributed by atoms with Crippen molar-refractivity contribution in [3.05, 3.63) is 77.7 Å². The Morgan fingerprint density at radius 2 is 1.81 bits per heavy atom. The lowest BCUT2D eigenvalue weighted by atomic mass is 10.1. The third kappa shape index (κ3) is 4.92. The molecule has 0 amide bonds. The number of anilines is 2. The first-order valence-corrected chi connectivity index (χ1v) is 8.42. The van der Waals surface area contributed by atoms with Crippen LogP contribution < -0.4 is 15.4 Å². The molecule has 6 heteroatoms. The Morgan fingerprint density at radius 1 is 1.00 bits per heavy atom. The number of benzene rings is 2. The normalized spacial score (nSPS) is 10.4. The van der Waals surface area contributed by atoms with Gasteiger partial charge in [-0.1, -0.05) is 30.3 Å². The van der Waals surface area contributed by atoms with Crippen LogP contribution >= 0.6 is 0 Å². The summed E-state index contributed by atoms with van der Waals surface area (Å²) >= 11 is 0. The highest BCUT2D eigenvalue weighted by atomic mass is 19.1. The zero-order chi connectivity index (χ0) is 18.2. The van der Waals surface area contributed by atoms with Gasteiger partial charge in [0.25, 0.3) is 0 Å². The van der Waals surface area contributed by atoms with E-state index in [9.17, 15) is 4.39 Å². The molecule has 2 aromatic carbocycles. The Hall–Kier alpha value is -3.15. The number of rotatable bonds is 8. The van der Waals surface area contributed by atoms with E-state index in [1.54, 1.807) is 25.4 Å². The highest BCUT2D eigenvalue weighted by molar-refractivity contribution is 5.40. The van der Waals surface area contributed by atoms with Crippen LogP contribution in [0.4, 0.5) is 16.2 Å². The molecule has 3 rings (SSSR count). The first-order valence-electron chi connectivity index (χ1n) is 8.42. The first-order chi connectivity index (χ1) is 12.7. The standard InChI is InChI=1S/C20H21FN4O/c1-26-17-8-6-15(7-9-17)14-24-19-11-13-23-20(25-19)22-12-10-16-4-2-3-5-18(16)21/h2-9,11,13H,10,12,14H2,1H3,(H2,22,23,24,25). The second-order valence-corrected chi connectivity index (χ2v) is 5.74. The number of methoxy groups -OCH3 is 1. The summed E-state index contributed by atoms with van der Waals surface area (Å²) < 4.78 is 18.8. The van der Waals surface area contributed by atoms with Gasteiger partial charge in [-0.2, -0.15) is 4.98 Å². The minimum Gasteiger partial charge on any atom is -0.497 e. The number of ether oxygens (including phenoxy) is 1. The van der Waals surface area contributed by atoms with E-state index in [4.69, 9.17) is 4.74 Å². The second kappa shape index (κ2) is 8.80. The van der Waals surface area contributed by atoms with Crippen LogP contribution in [0, 0.1) is 5.82 Å². The van der Waals surface area contributed by atoms with Gasteiger partial charge in [-0.3, -0.25) is 0 Å². The van der Waals surface area contributed by atoms with Crippen molar-refractivity contribution in [3.8, 4) is 5.75 Å². The Labute approximate surface area is 152 Å². The lowest BCUT2D eigenvalue weighted by molar-refractivity contribution is 0.414. The summed E-state index contributed by atoms with van der Waals surface area (Å²) in [6.07, 6.45) is 2.26. The molecule has 1 aromatic heterocycles. The van der Waals surface area contributed by atoms with Crippen molar-refractivity contribution in [1.82, 2.24) is 9.97 Å². The van der Waals surface area contributed by atoms with Gasteiger partial charge in [-0.15, -0.1) is 0 Å². The van der Waals surface area contributed by atoms with Gasteiger partial charge in [0.15, 0.2) is 0 Å². The number of halogens is 1. The predicted octanol–water partition coefficient (Wildman–Crippen LogP) is 3.89. The minimum absolute atomic E-state index is 0.190. The SMILES string of the molecule is COc1ccc(CNc2ccnc(NCCc3ccccc3F)n2)cc1. The molecule has 0 radical (unpaired) electrons. The number of aromatic nitrogens is 2. The van der Waals surface area contributed by atoms with Crippen LogP contribution in [0.1, 0.15) is 11.1 Å². The fraction of sp³-hybridized carbons (Fsp3) is 0.200. The Kier molecular flexibility index (Phi) is 5.98. The molecule has 0 aliphatic rings. The fourth-order valence-electron chi connectivity index (χ4n) is 2.49. The predicted molar refractivity (Wildman–Crippen MR) is 101 cm³/mol. The lowest BCUT2D eigenvalue weighted by Gasteiger charge is -2.09. The van der Waals surface area contributed by atoms with Gasteiger partial charge in [0.05, 0.1) is 7.11 Å². The smallest absolute Gasteiger partial charge is 0.224 e. The molecule has 0 aliphatic heterocycles. The highest BCUT2D eigenvalue weighted by Crippen LogP contribution is 2.13. The number of hydrogen-bond acceptors (Lipinski definition) is 5. The van der Waals surface area contributed by atoms with Gasteiger partial charge < -0.3 is 15.4 Å². The van der Waals surface area contributed by atoms with Crippen LogP contribution in [0.15, 0.2) is 60.8 Å². The highest BCUT2D eigenvalue weighted by Gasteiger charge is 2.03. The molecule has 26 heavy (non-hydrogen) atoms. The fourth-order valence-corrected chi connectivity index (χ4v) is 2.49. The summed E-state index contributed by atoms with van der Waals surface area (Å²) in [4.78, 5) is 8.62. The molecular formula is C20H21FN4O. The molecule has 0 fully saturated rings. The minimum atomic E-state index is -0.190. The molecule has 0 bridgehead atoms. The topological polar surface area (TPSA) is 59.1 Å². The van der Waals surface area contributed by atoms with E-state index >= 15 is 0 Å². The molecule has 0 aliphatic carbocycles.